The van der Waals surface area contributed by atoms with E-state index in [0.29, 0.717) is 0 Å². The fourth-order valence-electron chi connectivity index (χ4n) is 2.01. The Kier molecular flexibility index (Phi) is 7.99. The van der Waals surface area contributed by atoms with Crippen molar-refractivity contribution in [1.82, 2.24) is 4.98 Å². The van der Waals surface area contributed by atoms with Crippen molar-refractivity contribution in [2.75, 3.05) is 5.32 Å². The highest BCUT2D eigenvalue weighted by Crippen LogP contribution is 2.21. The highest BCUT2D eigenvalue weighted by molar-refractivity contribution is 5.93. The van der Waals surface area contributed by atoms with Crippen molar-refractivity contribution in [3.8, 4) is 0 Å². The van der Waals surface area contributed by atoms with Crippen LogP contribution in [-0.4, -0.2) is 16.1 Å². The number of para-hydroxylation sites is 1. The van der Waals surface area contributed by atoms with Crippen molar-refractivity contribution < 1.29 is 9.90 Å². The Morgan fingerprint density at radius 3 is 2.21 bits per heavy atom. The molecular weight excluding hydrogens is 300 g/mol. The smallest absolute Gasteiger partial charge is 0.337 e. The van der Waals surface area contributed by atoms with E-state index in [4.69, 9.17) is 5.11 Å². The summed E-state index contributed by atoms with van der Waals surface area (Å²) in [5.74, 6) is -0.971. The Morgan fingerprint density at radius 2 is 1.58 bits per heavy atom. The molecule has 0 amide bonds. The van der Waals surface area contributed by atoms with Gasteiger partial charge >= 0.3 is 5.97 Å². The van der Waals surface area contributed by atoms with Gasteiger partial charge in [0.05, 0.1) is 11.1 Å². The summed E-state index contributed by atoms with van der Waals surface area (Å²) in [6.45, 7) is 8.00. The Morgan fingerprint density at radius 1 is 0.917 bits per heavy atom. The first-order valence-corrected chi connectivity index (χ1v) is 8.17. The topological polar surface area (TPSA) is 62.2 Å². The molecule has 0 bridgehead atoms. The molecule has 2 aromatic carbocycles. The molecule has 126 valence electrons. The summed E-state index contributed by atoms with van der Waals surface area (Å²) < 4.78 is 0. The van der Waals surface area contributed by atoms with Gasteiger partial charge in [0, 0.05) is 23.0 Å². The van der Waals surface area contributed by atoms with Gasteiger partial charge in [-0.3, -0.25) is 4.98 Å². The number of hydrogen-bond donors (Lipinski definition) is 2. The Hall–Kier alpha value is -2.88. The van der Waals surface area contributed by atoms with Crippen molar-refractivity contribution in [3.63, 3.8) is 0 Å². The lowest BCUT2D eigenvalue weighted by molar-refractivity contribution is 0.0696. The molecule has 3 rings (SSSR count). The van der Waals surface area contributed by atoms with Crippen LogP contribution in [0.2, 0.25) is 0 Å². The van der Waals surface area contributed by atoms with Crippen LogP contribution in [0.4, 0.5) is 11.4 Å². The highest BCUT2D eigenvalue weighted by atomic mass is 16.4. The van der Waals surface area contributed by atoms with Gasteiger partial charge in [0.2, 0.25) is 0 Å². The fraction of sp³-hybridized carbons (Fsp3) is 0.200. The molecule has 24 heavy (non-hydrogen) atoms. The van der Waals surface area contributed by atoms with Crippen molar-refractivity contribution >= 4 is 28.2 Å². The Bertz CT molecular complexity index is 771. The average molecular weight is 324 g/mol. The lowest BCUT2D eigenvalue weighted by Crippen LogP contribution is -1.97. The number of hydrogen-bond acceptors (Lipinski definition) is 3. The second kappa shape index (κ2) is 10.0. The molecule has 0 aliphatic rings. The molecule has 0 unspecified atom stereocenters. The number of fused-ring (bicyclic) bond motifs is 1. The van der Waals surface area contributed by atoms with Crippen LogP contribution in [0.5, 0.6) is 0 Å². The molecule has 4 heteroatoms. The van der Waals surface area contributed by atoms with Gasteiger partial charge in [-0.15, -0.1) is 0 Å². The molecule has 0 fully saturated rings. The number of carboxylic acids is 1. The molecule has 1 aromatic heterocycles. The SMILES string of the molecule is CC.CC.O=C(O)c1cnc2ccc(Nc3ccccc3)cc2c1. The first kappa shape index (κ1) is 19.2. The summed E-state index contributed by atoms with van der Waals surface area (Å²) in [7, 11) is 0. The van der Waals surface area contributed by atoms with Crippen molar-refractivity contribution in [1.29, 1.82) is 0 Å². The minimum absolute atomic E-state index is 0.189. The predicted octanol–water partition coefficient (Wildman–Crippen LogP) is 5.73. The Labute approximate surface area is 143 Å². The van der Waals surface area contributed by atoms with Gasteiger partial charge in [0.25, 0.3) is 0 Å². The summed E-state index contributed by atoms with van der Waals surface area (Å²) in [5.41, 5.74) is 2.84. The number of carboxylic acid groups (broad SMARTS) is 1. The van der Waals surface area contributed by atoms with E-state index in [1.807, 2.05) is 76.2 Å². The van der Waals surface area contributed by atoms with Crippen LogP contribution in [0.1, 0.15) is 38.1 Å². The maximum atomic E-state index is 11.0. The maximum Gasteiger partial charge on any atom is 0.337 e. The number of aromatic carboxylic acids is 1. The van der Waals surface area contributed by atoms with Crippen LogP contribution in [-0.2, 0) is 0 Å². The van der Waals surface area contributed by atoms with Crippen molar-refractivity contribution in [2.45, 2.75) is 27.7 Å². The number of benzene rings is 2. The van der Waals surface area contributed by atoms with Crippen LogP contribution in [0.3, 0.4) is 0 Å². The summed E-state index contributed by atoms with van der Waals surface area (Å²) in [6, 6.07) is 17.1. The second-order valence-electron chi connectivity index (χ2n) is 4.43. The molecule has 1 heterocycles. The van der Waals surface area contributed by atoms with Crippen LogP contribution in [0.15, 0.2) is 60.8 Å². The van der Waals surface area contributed by atoms with Gasteiger partial charge < -0.3 is 10.4 Å². The monoisotopic (exact) mass is 324 g/mol. The van der Waals surface area contributed by atoms with Crippen LogP contribution in [0, 0.1) is 0 Å². The van der Waals surface area contributed by atoms with E-state index in [0.717, 1.165) is 22.3 Å². The fourth-order valence-corrected chi connectivity index (χ4v) is 2.01. The molecule has 4 nitrogen and oxygen atoms in total. The van der Waals surface area contributed by atoms with Crippen molar-refractivity contribution in [3.05, 3.63) is 66.4 Å². The third-order valence-electron chi connectivity index (χ3n) is 2.99. The van der Waals surface area contributed by atoms with Gasteiger partial charge in [-0.25, -0.2) is 4.79 Å². The summed E-state index contributed by atoms with van der Waals surface area (Å²) in [4.78, 5) is 15.1. The molecule has 2 N–H and O–H groups in total. The van der Waals surface area contributed by atoms with E-state index in [9.17, 15) is 4.79 Å². The minimum Gasteiger partial charge on any atom is -0.478 e. The van der Waals surface area contributed by atoms with E-state index >= 15 is 0 Å². The lowest BCUT2D eigenvalue weighted by Gasteiger charge is -2.07. The normalized spacial score (nSPS) is 9.17. The first-order valence-electron chi connectivity index (χ1n) is 8.17. The van der Waals surface area contributed by atoms with Gasteiger partial charge in [-0.05, 0) is 36.4 Å². The number of nitrogens with zero attached hydrogens (tertiary/aromatic N) is 1. The standard InChI is InChI=1S/C16H12N2O2.2C2H6/c19-16(20)12-8-11-9-14(6-7-15(11)17-10-12)18-13-4-2-1-3-5-13;2*1-2/h1-10,18H,(H,19,20);2*1-2H3. The number of nitrogens with one attached hydrogen (secondary N) is 1. The van der Waals surface area contributed by atoms with E-state index in [1.165, 1.54) is 6.20 Å². The van der Waals surface area contributed by atoms with Gasteiger partial charge in [-0.2, -0.15) is 0 Å². The van der Waals surface area contributed by atoms with E-state index in [1.54, 1.807) is 6.07 Å². The maximum absolute atomic E-state index is 11.0. The number of carbonyl (C=O) groups is 1. The zero-order chi connectivity index (χ0) is 17.9. The third-order valence-corrected chi connectivity index (χ3v) is 2.99. The molecule has 0 spiro atoms. The zero-order valence-electron chi connectivity index (χ0n) is 14.6. The summed E-state index contributed by atoms with van der Waals surface area (Å²) >= 11 is 0. The zero-order valence-corrected chi connectivity index (χ0v) is 14.6. The molecule has 0 saturated carbocycles. The van der Waals surface area contributed by atoms with Crippen molar-refractivity contribution in [2.24, 2.45) is 0 Å². The second-order valence-corrected chi connectivity index (χ2v) is 4.43. The molecule has 3 aromatic rings. The van der Waals surface area contributed by atoms with E-state index < -0.39 is 5.97 Å². The molecule has 0 atom stereocenters. The molecule has 0 saturated heterocycles. The Balaban J connectivity index is 0.000000671. The largest absolute Gasteiger partial charge is 0.478 e. The quantitative estimate of drug-likeness (QED) is 0.646. The van der Waals surface area contributed by atoms with Gasteiger partial charge in [-0.1, -0.05) is 45.9 Å². The first-order chi connectivity index (χ1) is 11.7. The van der Waals surface area contributed by atoms with Gasteiger partial charge in [0.15, 0.2) is 0 Å². The number of anilines is 2. The van der Waals surface area contributed by atoms with E-state index in [-0.39, 0.29) is 5.56 Å². The predicted molar refractivity (Wildman–Crippen MR) is 101 cm³/mol. The molecular formula is C20H24N2O2. The number of aromatic nitrogens is 1. The average Bonchev–Trinajstić information content (AvgIpc) is 2.65. The molecule has 0 aliphatic carbocycles. The van der Waals surface area contributed by atoms with Crippen LogP contribution >= 0.6 is 0 Å². The number of pyridine rings is 1. The lowest BCUT2D eigenvalue weighted by atomic mass is 10.1. The summed E-state index contributed by atoms with van der Waals surface area (Å²) in [5, 5.41) is 13.1. The molecule has 0 radical (unpaired) electrons. The third kappa shape index (κ3) is 5.09. The van der Waals surface area contributed by atoms with E-state index in [2.05, 4.69) is 10.3 Å². The van der Waals surface area contributed by atoms with Crippen LogP contribution < -0.4 is 5.32 Å². The number of rotatable bonds is 3. The minimum atomic E-state index is -0.971. The highest BCUT2D eigenvalue weighted by Gasteiger charge is 2.05. The molecule has 0 aliphatic heterocycles. The van der Waals surface area contributed by atoms with Gasteiger partial charge in [0.1, 0.15) is 0 Å². The summed E-state index contributed by atoms with van der Waals surface area (Å²) in [6.07, 6.45) is 1.37. The van der Waals surface area contributed by atoms with Crippen LogP contribution in [0.25, 0.3) is 10.9 Å².